The van der Waals surface area contributed by atoms with Gasteiger partial charge in [0, 0.05) is 20.3 Å². The summed E-state index contributed by atoms with van der Waals surface area (Å²) in [7, 11) is 0. The minimum atomic E-state index is 0.597. The molecule has 0 saturated heterocycles. The van der Waals surface area contributed by atoms with E-state index in [2.05, 4.69) is 41.2 Å². The van der Waals surface area contributed by atoms with Crippen LogP contribution in [0.1, 0.15) is 48.4 Å². The molecule has 2 bridgehead atoms. The van der Waals surface area contributed by atoms with Gasteiger partial charge in [-0.15, -0.1) is 11.3 Å². The summed E-state index contributed by atoms with van der Waals surface area (Å²) in [4.78, 5) is 2.95. The Kier molecular flexibility index (Phi) is 3.84. The number of aryl methyl sites for hydroxylation is 1. The maximum absolute atomic E-state index is 3.76. The first-order valence-electron chi connectivity index (χ1n) is 7.18. The van der Waals surface area contributed by atoms with Crippen molar-refractivity contribution in [2.45, 2.75) is 45.6 Å². The van der Waals surface area contributed by atoms with Crippen LogP contribution in [-0.2, 0) is 0 Å². The molecule has 3 heteroatoms. The fourth-order valence-corrected chi connectivity index (χ4v) is 5.73. The Hall–Kier alpha value is 0.140. The molecule has 1 aromatic rings. The third-order valence-corrected chi connectivity index (χ3v) is 7.05. The van der Waals surface area contributed by atoms with Crippen LogP contribution in [0.5, 0.6) is 0 Å². The van der Waals surface area contributed by atoms with E-state index in [1.54, 1.807) is 4.88 Å². The van der Waals surface area contributed by atoms with E-state index in [4.69, 9.17) is 0 Å². The summed E-state index contributed by atoms with van der Waals surface area (Å²) >= 11 is 5.63. The summed E-state index contributed by atoms with van der Waals surface area (Å²) in [6.07, 6.45) is 5.92. The molecule has 0 radical (unpaired) electrons. The molecule has 1 nitrogen and oxygen atoms in total. The lowest BCUT2D eigenvalue weighted by molar-refractivity contribution is 0.256. The fourth-order valence-electron chi connectivity index (χ4n) is 4.02. The van der Waals surface area contributed by atoms with E-state index in [1.807, 2.05) is 11.3 Å². The average Bonchev–Trinajstić information content (AvgIpc) is 3.03. The highest BCUT2D eigenvalue weighted by atomic mass is 79.9. The SMILES string of the molecule is CCNC(c1cc(Br)c(C)s1)C1CC2CCC1C2. The molecule has 2 aliphatic carbocycles. The van der Waals surface area contributed by atoms with Crippen LogP contribution in [0, 0.1) is 24.7 Å². The predicted molar refractivity (Wildman–Crippen MR) is 82.1 cm³/mol. The molecule has 4 atom stereocenters. The molecule has 1 aromatic heterocycles. The van der Waals surface area contributed by atoms with E-state index in [1.165, 1.54) is 35.0 Å². The molecule has 1 N–H and O–H groups in total. The van der Waals surface area contributed by atoms with Crippen molar-refractivity contribution in [1.29, 1.82) is 0 Å². The lowest BCUT2D eigenvalue weighted by Crippen LogP contribution is -2.30. The first-order chi connectivity index (χ1) is 8.69. The van der Waals surface area contributed by atoms with E-state index >= 15 is 0 Å². The van der Waals surface area contributed by atoms with Crippen molar-refractivity contribution in [3.63, 3.8) is 0 Å². The normalized spacial score (nSPS) is 32.1. The van der Waals surface area contributed by atoms with Crippen LogP contribution in [0.25, 0.3) is 0 Å². The molecule has 0 aromatic carbocycles. The predicted octanol–water partition coefficient (Wildman–Crippen LogP) is 4.91. The van der Waals surface area contributed by atoms with Gasteiger partial charge in [-0.2, -0.15) is 0 Å². The summed E-state index contributed by atoms with van der Waals surface area (Å²) in [5, 5.41) is 3.76. The van der Waals surface area contributed by atoms with Crippen LogP contribution in [0.2, 0.25) is 0 Å². The largest absolute Gasteiger partial charge is 0.309 e. The van der Waals surface area contributed by atoms with Crippen molar-refractivity contribution < 1.29 is 0 Å². The van der Waals surface area contributed by atoms with Gasteiger partial charge in [-0.1, -0.05) is 13.3 Å². The van der Waals surface area contributed by atoms with Gasteiger partial charge in [0.25, 0.3) is 0 Å². The third kappa shape index (κ3) is 2.30. The van der Waals surface area contributed by atoms with Crippen molar-refractivity contribution >= 4 is 27.3 Å². The van der Waals surface area contributed by atoms with Gasteiger partial charge in [0.2, 0.25) is 0 Å². The molecular weight excluding hydrogens is 306 g/mol. The van der Waals surface area contributed by atoms with E-state index in [0.717, 1.165) is 24.3 Å². The van der Waals surface area contributed by atoms with E-state index in [-0.39, 0.29) is 0 Å². The second kappa shape index (κ2) is 5.26. The number of hydrogen-bond acceptors (Lipinski definition) is 2. The molecule has 100 valence electrons. The molecule has 1 heterocycles. The second-order valence-electron chi connectivity index (χ2n) is 5.93. The maximum atomic E-state index is 3.76. The van der Waals surface area contributed by atoms with Gasteiger partial charge in [-0.25, -0.2) is 0 Å². The van der Waals surface area contributed by atoms with E-state index in [0.29, 0.717) is 6.04 Å². The minimum Gasteiger partial charge on any atom is -0.309 e. The Bertz CT molecular complexity index is 409. The molecule has 2 aliphatic rings. The molecule has 3 rings (SSSR count). The monoisotopic (exact) mass is 327 g/mol. The van der Waals surface area contributed by atoms with Crippen LogP contribution in [-0.4, -0.2) is 6.54 Å². The van der Waals surface area contributed by atoms with Gasteiger partial charge in [-0.05, 0) is 72.5 Å². The van der Waals surface area contributed by atoms with Crippen molar-refractivity contribution in [3.05, 3.63) is 20.3 Å². The molecule has 0 spiro atoms. The zero-order valence-electron chi connectivity index (χ0n) is 11.2. The van der Waals surface area contributed by atoms with Gasteiger partial charge >= 0.3 is 0 Å². The highest BCUT2D eigenvalue weighted by Crippen LogP contribution is 2.53. The first-order valence-corrected chi connectivity index (χ1v) is 8.79. The summed E-state index contributed by atoms with van der Waals surface area (Å²) in [6, 6.07) is 2.94. The van der Waals surface area contributed by atoms with Crippen LogP contribution in [0.4, 0.5) is 0 Å². The maximum Gasteiger partial charge on any atom is 0.0446 e. The van der Waals surface area contributed by atoms with Crippen molar-refractivity contribution in [1.82, 2.24) is 5.32 Å². The van der Waals surface area contributed by atoms with Gasteiger partial charge in [0.1, 0.15) is 0 Å². The quantitative estimate of drug-likeness (QED) is 0.828. The topological polar surface area (TPSA) is 12.0 Å². The Morgan fingerprint density at radius 3 is 2.78 bits per heavy atom. The third-order valence-electron chi connectivity index (χ3n) is 4.83. The Morgan fingerprint density at radius 2 is 2.28 bits per heavy atom. The van der Waals surface area contributed by atoms with E-state index in [9.17, 15) is 0 Å². The number of halogens is 1. The Labute approximate surface area is 122 Å². The smallest absolute Gasteiger partial charge is 0.0446 e. The van der Waals surface area contributed by atoms with Crippen LogP contribution in [0.3, 0.4) is 0 Å². The number of fused-ring (bicyclic) bond motifs is 2. The van der Waals surface area contributed by atoms with Gasteiger partial charge < -0.3 is 5.32 Å². The zero-order valence-corrected chi connectivity index (χ0v) is 13.6. The molecular formula is C15H22BrNS. The van der Waals surface area contributed by atoms with Gasteiger partial charge in [-0.3, -0.25) is 0 Å². The standard InChI is InChI=1S/C15H22BrNS/c1-3-17-15(14-8-13(16)9(2)18-14)12-7-10-4-5-11(12)6-10/h8,10-12,15,17H,3-7H2,1-2H3. The number of thiophene rings is 1. The zero-order chi connectivity index (χ0) is 12.7. The molecule has 0 amide bonds. The molecule has 0 aliphatic heterocycles. The van der Waals surface area contributed by atoms with Gasteiger partial charge in [0.05, 0.1) is 0 Å². The number of rotatable bonds is 4. The molecule has 4 unspecified atom stereocenters. The van der Waals surface area contributed by atoms with Crippen LogP contribution < -0.4 is 5.32 Å². The summed E-state index contributed by atoms with van der Waals surface area (Å²) in [5.74, 6) is 2.90. The van der Waals surface area contributed by atoms with Crippen molar-refractivity contribution in [3.8, 4) is 0 Å². The molecule has 2 fully saturated rings. The van der Waals surface area contributed by atoms with Crippen molar-refractivity contribution in [2.75, 3.05) is 6.54 Å². The van der Waals surface area contributed by atoms with Crippen LogP contribution in [0.15, 0.2) is 10.5 Å². The Morgan fingerprint density at radius 1 is 1.44 bits per heavy atom. The summed E-state index contributed by atoms with van der Waals surface area (Å²) in [5.41, 5.74) is 0. The summed E-state index contributed by atoms with van der Waals surface area (Å²) in [6.45, 7) is 5.52. The molecule has 18 heavy (non-hydrogen) atoms. The van der Waals surface area contributed by atoms with Crippen LogP contribution >= 0.6 is 27.3 Å². The second-order valence-corrected chi connectivity index (χ2v) is 8.07. The number of nitrogens with one attached hydrogen (secondary N) is 1. The lowest BCUT2D eigenvalue weighted by Gasteiger charge is -2.30. The van der Waals surface area contributed by atoms with Crippen molar-refractivity contribution in [2.24, 2.45) is 17.8 Å². The average molecular weight is 328 g/mol. The molecule has 2 saturated carbocycles. The minimum absolute atomic E-state index is 0.597. The Balaban J connectivity index is 1.83. The lowest BCUT2D eigenvalue weighted by atomic mass is 9.82. The first kappa shape index (κ1) is 13.1. The fraction of sp³-hybridized carbons (Fsp3) is 0.733. The summed E-state index contributed by atoms with van der Waals surface area (Å²) < 4.78 is 1.29. The highest BCUT2D eigenvalue weighted by Gasteiger charge is 2.43. The van der Waals surface area contributed by atoms with E-state index < -0.39 is 0 Å². The van der Waals surface area contributed by atoms with Gasteiger partial charge in [0.15, 0.2) is 0 Å². The highest BCUT2D eigenvalue weighted by molar-refractivity contribution is 9.10. The number of hydrogen-bond donors (Lipinski definition) is 1.